The number of nitrogens with one attached hydrogen (secondary N) is 2. The van der Waals surface area contributed by atoms with Crippen LogP contribution < -0.4 is 10.6 Å². The molecule has 1 aliphatic rings. The van der Waals surface area contributed by atoms with E-state index in [1.54, 1.807) is 6.08 Å². The first-order chi connectivity index (χ1) is 12.2. The number of aliphatic hydroxyl groups excluding tert-OH is 1. The van der Waals surface area contributed by atoms with Crippen LogP contribution in [0.25, 0.3) is 5.57 Å². The highest BCUT2D eigenvalue weighted by Gasteiger charge is 2.38. The van der Waals surface area contributed by atoms with Gasteiger partial charge in [-0.05, 0) is 43.3 Å². The Hall–Kier alpha value is -1.90. The van der Waals surface area contributed by atoms with Crippen LogP contribution in [0, 0.1) is 5.92 Å². The van der Waals surface area contributed by atoms with Crippen molar-refractivity contribution in [2.45, 2.75) is 64.8 Å². The van der Waals surface area contributed by atoms with E-state index in [0.717, 1.165) is 12.0 Å². The lowest BCUT2D eigenvalue weighted by atomic mass is 9.97. The lowest BCUT2D eigenvalue weighted by Crippen LogP contribution is -2.36. The highest BCUT2D eigenvalue weighted by Crippen LogP contribution is 2.28. The van der Waals surface area contributed by atoms with Crippen LogP contribution in [0.4, 0.5) is 25.1 Å². The monoisotopic (exact) mass is 373 g/mol. The molecule has 1 heterocycles. The Morgan fingerprint density at radius 2 is 1.92 bits per heavy atom. The van der Waals surface area contributed by atoms with Crippen LogP contribution in [0.2, 0.25) is 0 Å². The lowest BCUT2D eigenvalue weighted by Gasteiger charge is -2.21. The third-order valence-corrected chi connectivity index (χ3v) is 4.04. The summed E-state index contributed by atoms with van der Waals surface area (Å²) in [5, 5.41) is 15.2. The Morgan fingerprint density at radius 1 is 1.23 bits per heavy atom. The van der Waals surface area contributed by atoms with Crippen molar-refractivity contribution in [2.75, 3.05) is 17.2 Å². The summed E-state index contributed by atoms with van der Waals surface area (Å²) in [6.45, 7) is 6.04. The number of aromatic nitrogens is 3. The molecule has 0 radical (unpaired) electrons. The molecule has 2 rings (SSSR count). The molecule has 2 atom stereocenters. The molecular weight excluding hydrogens is 347 g/mol. The Balaban J connectivity index is 2.33. The summed E-state index contributed by atoms with van der Waals surface area (Å²) in [6.07, 6.45) is -1.36. The summed E-state index contributed by atoms with van der Waals surface area (Å²) in [5.74, 6) is 0.723. The molecule has 0 bridgehead atoms. The van der Waals surface area contributed by atoms with Gasteiger partial charge in [-0.15, -0.1) is 0 Å². The predicted octanol–water partition coefficient (Wildman–Crippen LogP) is 3.62. The average molecular weight is 373 g/mol. The fourth-order valence-electron chi connectivity index (χ4n) is 2.62. The zero-order valence-electron chi connectivity index (χ0n) is 15.3. The van der Waals surface area contributed by atoms with E-state index in [4.69, 9.17) is 0 Å². The number of halogens is 3. The summed E-state index contributed by atoms with van der Waals surface area (Å²) in [5.41, 5.74) is 0.724. The molecule has 26 heavy (non-hydrogen) atoms. The Kier molecular flexibility index (Phi) is 6.80. The van der Waals surface area contributed by atoms with Crippen molar-refractivity contribution >= 4 is 17.5 Å². The van der Waals surface area contributed by atoms with Gasteiger partial charge in [0.25, 0.3) is 0 Å². The SMILES string of the molecule is CC[C@@H](Nc1nc(NCC(C)C)nc(C2=CC(O)CCC2)n1)C(F)(F)F. The van der Waals surface area contributed by atoms with Gasteiger partial charge in [-0.25, -0.2) is 0 Å². The van der Waals surface area contributed by atoms with Crippen molar-refractivity contribution in [1.82, 2.24) is 15.0 Å². The molecule has 1 unspecified atom stereocenters. The molecule has 6 nitrogen and oxygen atoms in total. The number of allylic oxidation sites excluding steroid dienone is 1. The maximum Gasteiger partial charge on any atom is 0.408 e. The quantitative estimate of drug-likeness (QED) is 0.677. The number of anilines is 2. The molecule has 1 aromatic heterocycles. The molecule has 146 valence electrons. The van der Waals surface area contributed by atoms with Gasteiger partial charge in [0.15, 0.2) is 5.82 Å². The second-order valence-electron chi connectivity index (χ2n) is 6.88. The van der Waals surface area contributed by atoms with Crippen molar-refractivity contribution < 1.29 is 18.3 Å². The topological polar surface area (TPSA) is 83.0 Å². The zero-order valence-corrected chi connectivity index (χ0v) is 15.3. The van der Waals surface area contributed by atoms with E-state index in [2.05, 4.69) is 25.6 Å². The fourth-order valence-corrected chi connectivity index (χ4v) is 2.62. The molecule has 3 N–H and O–H groups in total. The third kappa shape index (κ3) is 5.82. The first-order valence-corrected chi connectivity index (χ1v) is 8.91. The van der Waals surface area contributed by atoms with Crippen LogP contribution in [0.1, 0.15) is 52.3 Å². The van der Waals surface area contributed by atoms with Gasteiger partial charge in [0, 0.05) is 6.54 Å². The minimum absolute atomic E-state index is 0.119. The Bertz CT molecular complexity index is 633. The van der Waals surface area contributed by atoms with Gasteiger partial charge in [-0.3, -0.25) is 0 Å². The molecule has 9 heteroatoms. The van der Waals surface area contributed by atoms with Crippen LogP contribution in [-0.4, -0.2) is 44.9 Å². The van der Waals surface area contributed by atoms with Crippen molar-refractivity contribution in [3.05, 3.63) is 11.9 Å². The largest absolute Gasteiger partial charge is 0.408 e. The standard InChI is InChI=1S/C17H26F3N5O/c1-4-13(17(18,19)20)22-16-24-14(11-6-5-7-12(26)8-11)23-15(25-16)21-9-10(2)3/h8,10,12-13,26H,4-7,9H2,1-3H3,(H2,21,22,23,24,25)/t12?,13-/m1/s1. The van der Waals surface area contributed by atoms with Gasteiger partial charge >= 0.3 is 6.18 Å². The number of hydrogen-bond donors (Lipinski definition) is 3. The molecule has 0 aromatic carbocycles. The van der Waals surface area contributed by atoms with E-state index >= 15 is 0 Å². The number of aliphatic hydroxyl groups is 1. The molecule has 0 aliphatic heterocycles. The summed E-state index contributed by atoms with van der Waals surface area (Å²) in [4.78, 5) is 12.6. The van der Waals surface area contributed by atoms with Crippen LogP contribution >= 0.6 is 0 Å². The van der Waals surface area contributed by atoms with Crippen LogP contribution in [0.5, 0.6) is 0 Å². The van der Waals surface area contributed by atoms with Crippen molar-refractivity contribution in [2.24, 2.45) is 5.92 Å². The third-order valence-electron chi connectivity index (χ3n) is 4.04. The maximum atomic E-state index is 13.1. The van der Waals surface area contributed by atoms with Crippen molar-refractivity contribution in [3.8, 4) is 0 Å². The average Bonchev–Trinajstić information content (AvgIpc) is 2.56. The zero-order chi connectivity index (χ0) is 19.3. The Morgan fingerprint density at radius 3 is 2.50 bits per heavy atom. The molecular formula is C17H26F3N5O. The highest BCUT2D eigenvalue weighted by atomic mass is 19.4. The number of rotatable bonds is 7. The van der Waals surface area contributed by atoms with Gasteiger partial charge in [0.05, 0.1) is 6.10 Å². The van der Waals surface area contributed by atoms with Gasteiger partial charge in [0.2, 0.25) is 11.9 Å². The smallest absolute Gasteiger partial charge is 0.389 e. The summed E-state index contributed by atoms with van der Waals surface area (Å²) >= 11 is 0. The van der Waals surface area contributed by atoms with E-state index in [1.165, 1.54) is 6.92 Å². The molecule has 0 amide bonds. The van der Waals surface area contributed by atoms with E-state index < -0.39 is 18.3 Å². The number of nitrogens with zero attached hydrogens (tertiary/aromatic N) is 3. The first kappa shape index (κ1) is 20.4. The van der Waals surface area contributed by atoms with Gasteiger partial charge in [-0.2, -0.15) is 28.1 Å². The summed E-state index contributed by atoms with van der Waals surface area (Å²) < 4.78 is 39.2. The fraction of sp³-hybridized carbons (Fsp3) is 0.706. The van der Waals surface area contributed by atoms with E-state index in [0.29, 0.717) is 31.1 Å². The normalized spacial score (nSPS) is 19.2. The van der Waals surface area contributed by atoms with E-state index in [9.17, 15) is 18.3 Å². The molecule has 0 saturated heterocycles. The van der Waals surface area contributed by atoms with Gasteiger partial charge in [-0.1, -0.05) is 20.8 Å². The van der Waals surface area contributed by atoms with Gasteiger partial charge in [0.1, 0.15) is 6.04 Å². The number of alkyl halides is 3. The lowest BCUT2D eigenvalue weighted by molar-refractivity contribution is -0.143. The first-order valence-electron chi connectivity index (χ1n) is 8.91. The minimum Gasteiger partial charge on any atom is -0.389 e. The molecule has 0 spiro atoms. The summed E-state index contributed by atoms with van der Waals surface area (Å²) in [7, 11) is 0. The van der Waals surface area contributed by atoms with Crippen LogP contribution in [0.15, 0.2) is 6.08 Å². The molecule has 0 fully saturated rings. The molecule has 1 aromatic rings. The summed E-state index contributed by atoms with van der Waals surface area (Å²) in [6, 6.07) is -1.73. The Labute approximate surface area is 151 Å². The van der Waals surface area contributed by atoms with Crippen LogP contribution in [-0.2, 0) is 0 Å². The number of hydrogen-bond acceptors (Lipinski definition) is 6. The van der Waals surface area contributed by atoms with Crippen molar-refractivity contribution in [3.63, 3.8) is 0 Å². The molecule has 1 aliphatic carbocycles. The van der Waals surface area contributed by atoms with Crippen molar-refractivity contribution in [1.29, 1.82) is 0 Å². The predicted molar refractivity (Wildman–Crippen MR) is 94.7 cm³/mol. The van der Waals surface area contributed by atoms with Crippen LogP contribution in [0.3, 0.4) is 0 Å². The second-order valence-corrected chi connectivity index (χ2v) is 6.88. The highest BCUT2D eigenvalue weighted by molar-refractivity contribution is 5.63. The molecule has 0 saturated carbocycles. The maximum absolute atomic E-state index is 13.1. The minimum atomic E-state index is -4.40. The van der Waals surface area contributed by atoms with E-state index in [-0.39, 0.29) is 18.3 Å². The second kappa shape index (κ2) is 8.66. The van der Waals surface area contributed by atoms with Gasteiger partial charge < -0.3 is 15.7 Å². The van der Waals surface area contributed by atoms with E-state index in [1.807, 2.05) is 13.8 Å².